The first-order valence-corrected chi connectivity index (χ1v) is 10.4. The fourth-order valence-corrected chi connectivity index (χ4v) is 4.34. The molecule has 3 aromatic rings. The van der Waals surface area contributed by atoms with Gasteiger partial charge in [0.25, 0.3) is 11.7 Å². The lowest BCUT2D eigenvalue weighted by atomic mass is 9.94. The number of methoxy groups -OCH3 is 1. The summed E-state index contributed by atoms with van der Waals surface area (Å²) in [6.45, 7) is 1.71. The minimum Gasteiger partial charge on any atom is -0.508 e. The molecule has 0 bridgehead atoms. The van der Waals surface area contributed by atoms with Crippen LogP contribution in [0.25, 0.3) is 5.76 Å². The van der Waals surface area contributed by atoms with E-state index in [1.807, 2.05) is 0 Å². The van der Waals surface area contributed by atoms with Gasteiger partial charge in [-0.15, -0.1) is 0 Å². The number of phenolic OH excluding ortho intramolecular Hbond substituents is 1. The Balaban J connectivity index is 2.02. The second kappa shape index (κ2) is 8.79. The van der Waals surface area contributed by atoms with Crippen molar-refractivity contribution in [3.8, 4) is 11.5 Å². The van der Waals surface area contributed by atoms with Crippen molar-refractivity contribution in [3.05, 3.63) is 93.5 Å². The maximum absolute atomic E-state index is 14.7. The summed E-state index contributed by atoms with van der Waals surface area (Å²) in [7, 11) is 1.33. The van der Waals surface area contributed by atoms with E-state index < -0.39 is 35.1 Å². The molecule has 174 valence electrons. The number of aromatic hydroxyl groups is 1. The van der Waals surface area contributed by atoms with Crippen LogP contribution in [-0.4, -0.2) is 29.0 Å². The number of aliphatic hydroxyl groups is 1. The van der Waals surface area contributed by atoms with Crippen molar-refractivity contribution in [1.82, 2.24) is 0 Å². The summed E-state index contributed by atoms with van der Waals surface area (Å²) >= 11 is 6.25. The summed E-state index contributed by atoms with van der Waals surface area (Å²) in [6, 6.07) is 9.91. The zero-order valence-electron chi connectivity index (χ0n) is 18.0. The normalized spacial score (nSPS) is 17.3. The fourth-order valence-electron chi connectivity index (χ4n) is 3.99. The Labute approximate surface area is 198 Å². The zero-order chi connectivity index (χ0) is 24.7. The van der Waals surface area contributed by atoms with Crippen molar-refractivity contribution in [3.63, 3.8) is 0 Å². The Morgan fingerprint density at radius 1 is 1.06 bits per heavy atom. The van der Waals surface area contributed by atoms with Crippen molar-refractivity contribution in [2.45, 2.75) is 13.0 Å². The molecule has 0 saturated carbocycles. The van der Waals surface area contributed by atoms with Gasteiger partial charge >= 0.3 is 0 Å². The van der Waals surface area contributed by atoms with Crippen molar-refractivity contribution in [1.29, 1.82) is 0 Å². The number of carbonyl (C=O) groups excluding carboxylic acids is 2. The zero-order valence-corrected chi connectivity index (χ0v) is 18.7. The number of nitrogens with zero attached hydrogens (tertiary/aromatic N) is 1. The molecule has 0 radical (unpaired) electrons. The number of ether oxygens (including phenoxy) is 1. The van der Waals surface area contributed by atoms with Gasteiger partial charge in [-0.25, -0.2) is 8.78 Å². The molecule has 6 nitrogen and oxygen atoms in total. The quantitative estimate of drug-likeness (QED) is 0.299. The lowest BCUT2D eigenvalue weighted by molar-refractivity contribution is -0.132. The Bertz CT molecular complexity index is 1350. The summed E-state index contributed by atoms with van der Waals surface area (Å²) in [6.07, 6.45) is 0. The lowest BCUT2D eigenvalue weighted by Crippen LogP contribution is -2.30. The van der Waals surface area contributed by atoms with Gasteiger partial charge in [0.15, 0.2) is 0 Å². The molecule has 2 N–H and O–H groups in total. The van der Waals surface area contributed by atoms with E-state index in [1.165, 1.54) is 37.4 Å². The van der Waals surface area contributed by atoms with E-state index in [9.17, 15) is 28.6 Å². The smallest absolute Gasteiger partial charge is 0.300 e. The molecule has 1 unspecified atom stereocenters. The van der Waals surface area contributed by atoms with Crippen LogP contribution in [0.2, 0.25) is 5.02 Å². The summed E-state index contributed by atoms with van der Waals surface area (Å²) in [4.78, 5) is 27.1. The maximum Gasteiger partial charge on any atom is 0.300 e. The van der Waals surface area contributed by atoms with Crippen LogP contribution >= 0.6 is 11.6 Å². The third-order valence-electron chi connectivity index (χ3n) is 5.47. The average Bonchev–Trinajstić information content (AvgIpc) is 3.04. The first-order valence-electron chi connectivity index (χ1n) is 10.0. The van der Waals surface area contributed by atoms with Crippen LogP contribution in [0.3, 0.4) is 0 Å². The molecule has 1 fully saturated rings. The Hall–Kier alpha value is -3.91. The molecule has 9 heteroatoms. The summed E-state index contributed by atoms with van der Waals surface area (Å²) < 4.78 is 33.6. The number of hydrogen-bond acceptors (Lipinski definition) is 5. The van der Waals surface area contributed by atoms with Gasteiger partial charge in [-0.1, -0.05) is 23.7 Å². The van der Waals surface area contributed by atoms with Gasteiger partial charge < -0.3 is 14.9 Å². The van der Waals surface area contributed by atoms with Gasteiger partial charge in [0, 0.05) is 6.07 Å². The third kappa shape index (κ3) is 3.86. The molecule has 0 spiro atoms. The second-order valence-corrected chi connectivity index (χ2v) is 8.09. The molecular formula is C25H18ClF2NO5. The number of amides is 1. The number of anilines is 1. The standard InChI is InChI=1S/C25H18ClF2NO5/c1-12-9-16(24(34-2)17(26)10-12)22(31)20-21(13-3-6-15(30)7-4-13)29(25(33)23(20)32)19-8-5-14(27)11-18(19)28/h3-11,21,30-31H,1-2H3/b22-20+. The highest BCUT2D eigenvalue weighted by atomic mass is 35.5. The van der Waals surface area contributed by atoms with E-state index in [0.717, 1.165) is 17.0 Å². The highest BCUT2D eigenvalue weighted by Crippen LogP contribution is 2.45. The van der Waals surface area contributed by atoms with Crippen LogP contribution in [0.4, 0.5) is 14.5 Å². The van der Waals surface area contributed by atoms with Gasteiger partial charge in [0.1, 0.15) is 28.9 Å². The number of carbonyl (C=O) groups is 2. The van der Waals surface area contributed by atoms with E-state index in [4.69, 9.17) is 16.3 Å². The van der Waals surface area contributed by atoms with Crippen LogP contribution < -0.4 is 9.64 Å². The molecule has 1 amide bonds. The Morgan fingerprint density at radius 2 is 1.74 bits per heavy atom. The first-order chi connectivity index (χ1) is 16.1. The van der Waals surface area contributed by atoms with Crippen LogP contribution in [0.1, 0.15) is 22.7 Å². The molecule has 1 atom stereocenters. The third-order valence-corrected chi connectivity index (χ3v) is 5.75. The molecule has 34 heavy (non-hydrogen) atoms. The van der Waals surface area contributed by atoms with E-state index in [1.54, 1.807) is 13.0 Å². The minimum atomic E-state index is -1.29. The van der Waals surface area contributed by atoms with Gasteiger partial charge in [0.05, 0.1) is 35.0 Å². The van der Waals surface area contributed by atoms with Gasteiger partial charge in [-0.2, -0.15) is 0 Å². The molecule has 1 aliphatic rings. The van der Waals surface area contributed by atoms with Gasteiger partial charge in [0.2, 0.25) is 0 Å². The predicted octanol–water partition coefficient (Wildman–Crippen LogP) is 5.27. The summed E-state index contributed by atoms with van der Waals surface area (Å²) in [5.74, 6) is -4.72. The molecular weight excluding hydrogens is 468 g/mol. The summed E-state index contributed by atoms with van der Waals surface area (Å²) in [5, 5.41) is 21.1. The number of Topliss-reactive ketones (excluding diaryl/α,β-unsaturated/α-hetero) is 1. The van der Waals surface area contributed by atoms with E-state index in [0.29, 0.717) is 17.2 Å². The number of aryl methyl sites for hydroxylation is 1. The average molecular weight is 486 g/mol. The SMILES string of the molecule is COc1c(Cl)cc(C)cc1/C(O)=C1\C(=O)C(=O)N(c2ccc(F)cc2F)C1c1ccc(O)cc1. The largest absolute Gasteiger partial charge is 0.508 e. The van der Waals surface area contributed by atoms with Crippen molar-refractivity contribution >= 4 is 34.7 Å². The van der Waals surface area contributed by atoms with Crippen molar-refractivity contribution in [2.24, 2.45) is 0 Å². The van der Waals surface area contributed by atoms with Crippen LogP contribution in [0, 0.1) is 18.6 Å². The summed E-state index contributed by atoms with van der Waals surface area (Å²) in [5.41, 5.74) is 0.301. The predicted molar refractivity (Wildman–Crippen MR) is 122 cm³/mol. The number of aliphatic hydroxyl groups excluding tert-OH is 1. The molecule has 3 aromatic carbocycles. The monoisotopic (exact) mass is 485 g/mol. The molecule has 1 saturated heterocycles. The number of rotatable bonds is 4. The first kappa shape index (κ1) is 23.3. The fraction of sp³-hybridized carbons (Fsp3) is 0.120. The molecule has 1 aliphatic heterocycles. The van der Waals surface area contributed by atoms with Crippen LogP contribution in [0.15, 0.2) is 60.2 Å². The molecule has 0 aromatic heterocycles. The molecule has 4 rings (SSSR count). The van der Waals surface area contributed by atoms with E-state index in [-0.39, 0.29) is 33.3 Å². The van der Waals surface area contributed by atoms with Crippen LogP contribution in [0.5, 0.6) is 11.5 Å². The number of phenols is 1. The highest BCUT2D eigenvalue weighted by molar-refractivity contribution is 6.51. The highest BCUT2D eigenvalue weighted by Gasteiger charge is 2.48. The Morgan fingerprint density at radius 3 is 2.35 bits per heavy atom. The Kier molecular flexibility index (Phi) is 6.01. The number of halogens is 3. The van der Waals surface area contributed by atoms with E-state index >= 15 is 0 Å². The van der Waals surface area contributed by atoms with E-state index in [2.05, 4.69) is 0 Å². The second-order valence-electron chi connectivity index (χ2n) is 7.68. The number of benzene rings is 3. The van der Waals surface area contributed by atoms with Crippen LogP contribution in [-0.2, 0) is 9.59 Å². The maximum atomic E-state index is 14.7. The number of hydrogen-bond donors (Lipinski definition) is 2. The van der Waals surface area contributed by atoms with Crippen molar-refractivity contribution in [2.75, 3.05) is 12.0 Å². The number of ketones is 1. The minimum absolute atomic E-state index is 0.0638. The molecule has 1 heterocycles. The molecule has 0 aliphatic carbocycles. The van der Waals surface area contributed by atoms with Gasteiger partial charge in [-0.05, 0) is 54.4 Å². The topological polar surface area (TPSA) is 87.1 Å². The lowest BCUT2D eigenvalue weighted by Gasteiger charge is -2.26. The van der Waals surface area contributed by atoms with Gasteiger partial charge in [-0.3, -0.25) is 14.5 Å². The van der Waals surface area contributed by atoms with Crippen molar-refractivity contribution < 1.29 is 33.3 Å².